The molecule has 102 valence electrons. The van der Waals surface area contributed by atoms with Crippen LogP contribution in [0.1, 0.15) is 52.1 Å². The van der Waals surface area contributed by atoms with Crippen LogP contribution in [0.2, 0.25) is 0 Å². The van der Waals surface area contributed by atoms with E-state index in [-0.39, 0.29) is 6.04 Å². The summed E-state index contributed by atoms with van der Waals surface area (Å²) in [6, 6.07) is 6.26. The number of phenols is 1. The van der Waals surface area contributed by atoms with Crippen molar-refractivity contribution < 1.29 is 5.11 Å². The predicted molar refractivity (Wildman–Crippen MR) is 80.9 cm³/mol. The summed E-state index contributed by atoms with van der Waals surface area (Å²) < 4.78 is 1.01. The molecule has 0 aliphatic rings. The molecule has 0 bridgehead atoms. The lowest BCUT2D eigenvalue weighted by molar-refractivity contribution is 0.339. The van der Waals surface area contributed by atoms with E-state index in [0.717, 1.165) is 22.9 Å². The lowest BCUT2D eigenvalue weighted by Crippen LogP contribution is -2.35. The molecule has 1 aromatic rings. The van der Waals surface area contributed by atoms with Crippen LogP contribution in [0.25, 0.3) is 0 Å². The molecular weight excluding hydrogens is 290 g/mol. The van der Waals surface area contributed by atoms with Gasteiger partial charge in [-0.05, 0) is 37.5 Å². The maximum atomic E-state index is 9.98. The topological polar surface area (TPSA) is 32.3 Å². The number of aromatic hydroxyl groups is 1. The van der Waals surface area contributed by atoms with Crippen LogP contribution in [0.3, 0.4) is 0 Å². The van der Waals surface area contributed by atoms with Crippen LogP contribution in [0.15, 0.2) is 22.7 Å². The summed E-state index contributed by atoms with van der Waals surface area (Å²) in [5, 5.41) is 13.6. The van der Waals surface area contributed by atoms with Crippen LogP contribution in [0.5, 0.6) is 5.75 Å². The highest BCUT2D eigenvalue weighted by Crippen LogP contribution is 2.30. The first kappa shape index (κ1) is 15.5. The first-order valence-corrected chi connectivity index (χ1v) is 7.53. The van der Waals surface area contributed by atoms with E-state index in [9.17, 15) is 5.11 Å². The zero-order chi connectivity index (χ0) is 13.7. The van der Waals surface area contributed by atoms with E-state index in [2.05, 4.69) is 48.9 Å². The van der Waals surface area contributed by atoms with Crippen LogP contribution < -0.4 is 5.32 Å². The molecule has 0 aliphatic heterocycles. The van der Waals surface area contributed by atoms with Crippen molar-refractivity contribution in [3.63, 3.8) is 0 Å². The van der Waals surface area contributed by atoms with Crippen LogP contribution in [-0.4, -0.2) is 11.1 Å². The minimum absolute atomic E-state index is 0.200. The molecule has 0 amide bonds. The molecule has 0 radical (unpaired) electrons. The standard InChI is InChI=1S/C15H24BrNO/c1-5-10(3)11(4)17-14(6-2)13-9-12(16)7-8-15(13)18/h7-11,14,17-18H,5-6H2,1-4H3. The quantitative estimate of drug-likeness (QED) is 0.802. The predicted octanol–water partition coefficient (Wildman–Crippen LogP) is 4.63. The molecule has 0 fully saturated rings. The van der Waals surface area contributed by atoms with E-state index < -0.39 is 0 Å². The van der Waals surface area contributed by atoms with Gasteiger partial charge in [0, 0.05) is 22.1 Å². The van der Waals surface area contributed by atoms with Crippen molar-refractivity contribution in [2.45, 2.75) is 52.6 Å². The fourth-order valence-corrected chi connectivity index (χ4v) is 2.45. The zero-order valence-corrected chi connectivity index (χ0v) is 13.3. The average Bonchev–Trinajstić information content (AvgIpc) is 2.37. The van der Waals surface area contributed by atoms with Crippen molar-refractivity contribution in [1.82, 2.24) is 5.32 Å². The lowest BCUT2D eigenvalue weighted by atomic mass is 9.97. The summed E-state index contributed by atoms with van der Waals surface area (Å²) in [7, 11) is 0. The Hall–Kier alpha value is -0.540. The molecule has 1 aromatic carbocycles. The summed E-state index contributed by atoms with van der Waals surface area (Å²) in [4.78, 5) is 0. The summed E-state index contributed by atoms with van der Waals surface area (Å²) in [5.74, 6) is 1.00. The lowest BCUT2D eigenvalue weighted by Gasteiger charge is -2.27. The van der Waals surface area contributed by atoms with E-state index in [1.54, 1.807) is 6.07 Å². The van der Waals surface area contributed by atoms with E-state index in [0.29, 0.717) is 17.7 Å². The average molecular weight is 314 g/mol. The second-order valence-corrected chi connectivity index (χ2v) is 5.92. The highest BCUT2D eigenvalue weighted by molar-refractivity contribution is 9.10. The van der Waals surface area contributed by atoms with E-state index in [1.165, 1.54) is 0 Å². The van der Waals surface area contributed by atoms with Crippen LogP contribution in [0, 0.1) is 5.92 Å². The van der Waals surface area contributed by atoms with Crippen molar-refractivity contribution in [3.05, 3.63) is 28.2 Å². The highest BCUT2D eigenvalue weighted by Gasteiger charge is 2.18. The minimum atomic E-state index is 0.200. The smallest absolute Gasteiger partial charge is 0.120 e. The van der Waals surface area contributed by atoms with Crippen molar-refractivity contribution in [3.8, 4) is 5.75 Å². The van der Waals surface area contributed by atoms with Gasteiger partial charge in [0.15, 0.2) is 0 Å². The molecule has 1 rings (SSSR count). The van der Waals surface area contributed by atoms with E-state index in [1.807, 2.05) is 12.1 Å². The zero-order valence-electron chi connectivity index (χ0n) is 11.7. The number of halogens is 1. The van der Waals surface area contributed by atoms with Gasteiger partial charge in [-0.1, -0.05) is 43.1 Å². The van der Waals surface area contributed by atoms with Crippen molar-refractivity contribution in [2.75, 3.05) is 0 Å². The van der Waals surface area contributed by atoms with E-state index in [4.69, 9.17) is 0 Å². The van der Waals surface area contributed by atoms with Gasteiger partial charge in [0.05, 0.1) is 0 Å². The molecule has 0 spiro atoms. The van der Waals surface area contributed by atoms with Crippen molar-refractivity contribution in [2.24, 2.45) is 5.92 Å². The van der Waals surface area contributed by atoms with Crippen molar-refractivity contribution >= 4 is 15.9 Å². The molecule has 3 unspecified atom stereocenters. The molecule has 3 heteroatoms. The first-order valence-electron chi connectivity index (χ1n) is 6.74. The summed E-state index contributed by atoms with van der Waals surface area (Å²) in [6.07, 6.45) is 2.12. The van der Waals surface area contributed by atoms with Crippen LogP contribution in [0.4, 0.5) is 0 Å². The first-order chi connectivity index (χ1) is 8.49. The fraction of sp³-hybridized carbons (Fsp3) is 0.600. The number of benzene rings is 1. The number of hydrogen-bond donors (Lipinski definition) is 2. The van der Waals surface area contributed by atoms with Gasteiger partial charge in [-0.3, -0.25) is 0 Å². The molecule has 0 heterocycles. The van der Waals surface area contributed by atoms with Gasteiger partial charge >= 0.3 is 0 Å². The Labute approximate surface area is 119 Å². The summed E-state index contributed by atoms with van der Waals surface area (Å²) in [6.45, 7) is 8.82. The Morgan fingerprint density at radius 3 is 2.44 bits per heavy atom. The fourth-order valence-electron chi connectivity index (χ4n) is 2.07. The molecule has 0 saturated heterocycles. The van der Waals surface area contributed by atoms with Gasteiger partial charge in [-0.15, -0.1) is 0 Å². The van der Waals surface area contributed by atoms with Crippen LogP contribution in [-0.2, 0) is 0 Å². The van der Waals surface area contributed by atoms with E-state index >= 15 is 0 Å². The van der Waals surface area contributed by atoms with Gasteiger partial charge in [-0.2, -0.15) is 0 Å². The van der Waals surface area contributed by atoms with Gasteiger partial charge in [-0.25, -0.2) is 0 Å². The number of hydrogen-bond acceptors (Lipinski definition) is 2. The third-order valence-corrected chi connectivity index (χ3v) is 4.23. The monoisotopic (exact) mass is 313 g/mol. The minimum Gasteiger partial charge on any atom is -0.508 e. The second-order valence-electron chi connectivity index (χ2n) is 5.00. The number of phenolic OH excluding ortho intramolecular Hbond substituents is 1. The second kappa shape index (κ2) is 7.15. The molecule has 3 atom stereocenters. The van der Waals surface area contributed by atoms with Gasteiger partial charge < -0.3 is 10.4 Å². The molecule has 0 aromatic heterocycles. The maximum Gasteiger partial charge on any atom is 0.120 e. The molecule has 18 heavy (non-hydrogen) atoms. The van der Waals surface area contributed by atoms with Gasteiger partial charge in [0.1, 0.15) is 5.75 Å². The Balaban J connectivity index is 2.86. The Kier molecular flexibility index (Phi) is 6.16. The maximum absolute atomic E-state index is 9.98. The number of nitrogens with one attached hydrogen (secondary N) is 1. The molecule has 2 nitrogen and oxygen atoms in total. The SMILES string of the molecule is CCC(NC(C)C(C)CC)c1cc(Br)ccc1O. The molecule has 0 aliphatic carbocycles. The van der Waals surface area contributed by atoms with Gasteiger partial charge in [0.2, 0.25) is 0 Å². The third kappa shape index (κ3) is 3.99. The number of rotatable bonds is 6. The Bertz CT molecular complexity index is 381. The summed E-state index contributed by atoms with van der Waals surface area (Å²) in [5.41, 5.74) is 0.974. The summed E-state index contributed by atoms with van der Waals surface area (Å²) >= 11 is 3.46. The van der Waals surface area contributed by atoms with Crippen molar-refractivity contribution in [1.29, 1.82) is 0 Å². The van der Waals surface area contributed by atoms with Crippen LogP contribution >= 0.6 is 15.9 Å². The third-order valence-electron chi connectivity index (χ3n) is 3.73. The highest BCUT2D eigenvalue weighted by atomic mass is 79.9. The largest absolute Gasteiger partial charge is 0.508 e. The molecule has 2 N–H and O–H groups in total. The Morgan fingerprint density at radius 2 is 1.89 bits per heavy atom. The normalized spacial score (nSPS) is 16.3. The Morgan fingerprint density at radius 1 is 1.22 bits per heavy atom. The molecular formula is C15H24BrNO. The molecule has 0 saturated carbocycles. The van der Waals surface area contributed by atoms with Gasteiger partial charge in [0.25, 0.3) is 0 Å².